The number of carbonyl (C=O) groups excluding carboxylic acids is 1. The Balaban J connectivity index is 2.40. The van der Waals surface area contributed by atoms with Crippen molar-refractivity contribution in [2.75, 3.05) is 5.75 Å². The van der Waals surface area contributed by atoms with Crippen LogP contribution in [0.1, 0.15) is 19.8 Å². The summed E-state index contributed by atoms with van der Waals surface area (Å²) in [6.07, 6.45) is 1.36. The van der Waals surface area contributed by atoms with E-state index in [4.69, 9.17) is 11.6 Å². The molecule has 0 heterocycles. The van der Waals surface area contributed by atoms with Crippen LogP contribution in [0.25, 0.3) is 0 Å². The molecule has 1 aromatic rings. The van der Waals surface area contributed by atoms with Crippen molar-refractivity contribution in [3.05, 3.63) is 41.4 Å². The van der Waals surface area contributed by atoms with Gasteiger partial charge in [0.1, 0.15) is 5.78 Å². The smallest absolute Gasteiger partial charge is 0.147 e. The molecule has 0 fully saturated rings. The van der Waals surface area contributed by atoms with E-state index in [1.165, 1.54) is 11.8 Å². The van der Waals surface area contributed by atoms with Gasteiger partial charge in [0, 0.05) is 16.3 Å². The fourth-order valence-corrected chi connectivity index (χ4v) is 2.25. The van der Waals surface area contributed by atoms with Crippen LogP contribution in [0.4, 0.5) is 0 Å². The minimum atomic E-state index is 0.219. The summed E-state index contributed by atoms with van der Waals surface area (Å²) in [5, 5.41) is 0.704. The normalized spacial score (nSPS) is 10.1. The molecule has 16 heavy (non-hydrogen) atoms. The Morgan fingerprint density at radius 3 is 2.88 bits per heavy atom. The van der Waals surface area contributed by atoms with Gasteiger partial charge >= 0.3 is 0 Å². The van der Waals surface area contributed by atoms with E-state index in [0.29, 0.717) is 17.2 Å². The molecule has 0 radical (unpaired) electrons. The molecule has 0 aliphatic carbocycles. The van der Waals surface area contributed by atoms with Gasteiger partial charge in [-0.2, -0.15) is 0 Å². The lowest BCUT2D eigenvalue weighted by Crippen LogP contribution is -2.02. The largest absolute Gasteiger partial charge is 0.298 e. The molecule has 0 bridgehead atoms. The van der Waals surface area contributed by atoms with Gasteiger partial charge in [0.05, 0.1) is 5.75 Å². The second kappa shape index (κ2) is 6.77. The molecule has 0 aliphatic rings. The number of hydrogen-bond donors (Lipinski definition) is 0. The maximum atomic E-state index is 11.6. The van der Waals surface area contributed by atoms with Gasteiger partial charge < -0.3 is 0 Å². The highest BCUT2D eigenvalue weighted by molar-refractivity contribution is 8.00. The van der Waals surface area contributed by atoms with Gasteiger partial charge in [0.25, 0.3) is 0 Å². The maximum absolute atomic E-state index is 11.6. The Bertz CT molecular complexity index is 387. The van der Waals surface area contributed by atoms with Crippen molar-refractivity contribution < 1.29 is 4.79 Å². The van der Waals surface area contributed by atoms with Crippen molar-refractivity contribution in [1.29, 1.82) is 0 Å². The van der Waals surface area contributed by atoms with E-state index in [1.807, 2.05) is 31.2 Å². The molecular formula is C13H15ClOS. The van der Waals surface area contributed by atoms with Crippen LogP contribution >= 0.6 is 23.4 Å². The molecule has 1 aromatic carbocycles. The Labute approximate surface area is 106 Å². The van der Waals surface area contributed by atoms with E-state index in [2.05, 4.69) is 6.58 Å². The lowest BCUT2D eigenvalue weighted by atomic mass is 10.1. The van der Waals surface area contributed by atoms with E-state index < -0.39 is 0 Å². The highest BCUT2D eigenvalue weighted by Gasteiger charge is 2.04. The summed E-state index contributed by atoms with van der Waals surface area (Å²) in [7, 11) is 0. The molecule has 0 N–H and O–H groups in total. The summed E-state index contributed by atoms with van der Waals surface area (Å²) >= 11 is 7.37. The zero-order chi connectivity index (χ0) is 12.0. The van der Waals surface area contributed by atoms with Crippen molar-refractivity contribution in [1.82, 2.24) is 0 Å². The van der Waals surface area contributed by atoms with Crippen molar-refractivity contribution in [2.45, 2.75) is 24.7 Å². The lowest BCUT2D eigenvalue weighted by molar-refractivity contribution is -0.116. The SMILES string of the molecule is C=C(CC)CC(=O)CSc1cccc(Cl)c1. The number of carbonyl (C=O) groups is 1. The monoisotopic (exact) mass is 254 g/mol. The van der Waals surface area contributed by atoms with Crippen molar-refractivity contribution in [3.8, 4) is 0 Å². The van der Waals surface area contributed by atoms with Gasteiger partial charge in [-0.25, -0.2) is 0 Å². The number of Topliss-reactive ketones (excluding diaryl/α,β-unsaturated/α-hetero) is 1. The summed E-state index contributed by atoms with van der Waals surface area (Å²) in [6.45, 7) is 5.84. The Morgan fingerprint density at radius 2 is 2.25 bits per heavy atom. The Kier molecular flexibility index (Phi) is 5.64. The summed E-state index contributed by atoms with van der Waals surface area (Å²) in [4.78, 5) is 12.6. The summed E-state index contributed by atoms with van der Waals surface area (Å²) in [5.74, 6) is 0.705. The number of benzene rings is 1. The number of halogens is 1. The average molecular weight is 255 g/mol. The van der Waals surface area contributed by atoms with Crippen molar-refractivity contribution >= 4 is 29.1 Å². The van der Waals surface area contributed by atoms with E-state index in [0.717, 1.165) is 16.9 Å². The van der Waals surface area contributed by atoms with Gasteiger partial charge in [0.15, 0.2) is 0 Å². The average Bonchev–Trinajstić information content (AvgIpc) is 2.26. The molecule has 0 saturated heterocycles. The Hall–Kier alpha value is -0.730. The number of hydrogen-bond acceptors (Lipinski definition) is 2. The molecule has 0 unspecified atom stereocenters. The molecule has 0 amide bonds. The van der Waals surface area contributed by atoms with Crippen LogP contribution in [0.15, 0.2) is 41.3 Å². The molecule has 0 spiro atoms. The molecule has 1 nitrogen and oxygen atoms in total. The fraction of sp³-hybridized carbons (Fsp3) is 0.308. The zero-order valence-electron chi connectivity index (χ0n) is 9.33. The molecule has 0 aromatic heterocycles. The molecule has 1 rings (SSSR count). The Morgan fingerprint density at radius 1 is 1.50 bits per heavy atom. The second-order valence-corrected chi connectivity index (χ2v) is 5.05. The minimum absolute atomic E-state index is 0.219. The third-order valence-electron chi connectivity index (χ3n) is 2.14. The van der Waals surface area contributed by atoms with Crippen LogP contribution < -0.4 is 0 Å². The topological polar surface area (TPSA) is 17.1 Å². The molecule has 3 heteroatoms. The van der Waals surface area contributed by atoms with Gasteiger partial charge in [0.2, 0.25) is 0 Å². The van der Waals surface area contributed by atoms with E-state index in [-0.39, 0.29) is 5.78 Å². The molecular weight excluding hydrogens is 240 g/mol. The second-order valence-electron chi connectivity index (χ2n) is 3.57. The van der Waals surface area contributed by atoms with Crippen molar-refractivity contribution in [2.24, 2.45) is 0 Å². The van der Waals surface area contributed by atoms with Crippen LogP contribution in [0.3, 0.4) is 0 Å². The van der Waals surface area contributed by atoms with Crippen LogP contribution in [0.2, 0.25) is 5.02 Å². The van der Waals surface area contributed by atoms with Gasteiger partial charge in [-0.15, -0.1) is 11.8 Å². The highest BCUT2D eigenvalue weighted by atomic mass is 35.5. The first kappa shape index (κ1) is 13.3. The fourth-order valence-electron chi connectivity index (χ4n) is 1.18. The first-order chi connectivity index (χ1) is 7.61. The highest BCUT2D eigenvalue weighted by Crippen LogP contribution is 2.22. The van der Waals surface area contributed by atoms with Crippen LogP contribution in [0.5, 0.6) is 0 Å². The quantitative estimate of drug-likeness (QED) is 0.554. The third-order valence-corrected chi connectivity index (χ3v) is 3.43. The number of allylic oxidation sites excluding steroid dienone is 1. The van der Waals surface area contributed by atoms with Gasteiger partial charge in [-0.3, -0.25) is 4.79 Å². The summed E-state index contributed by atoms with van der Waals surface area (Å²) in [6, 6.07) is 7.54. The lowest BCUT2D eigenvalue weighted by Gasteiger charge is -2.03. The first-order valence-corrected chi connectivity index (χ1v) is 6.55. The molecule has 0 aliphatic heterocycles. The van der Waals surface area contributed by atoms with E-state index >= 15 is 0 Å². The molecule has 0 saturated carbocycles. The summed E-state index contributed by atoms with van der Waals surface area (Å²) < 4.78 is 0. The number of thioether (sulfide) groups is 1. The third kappa shape index (κ3) is 4.86. The maximum Gasteiger partial charge on any atom is 0.147 e. The first-order valence-electron chi connectivity index (χ1n) is 5.18. The van der Waals surface area contributed by atoms with Crippen LogP contribution in [0, 0.1) is 0 Å². The van der Waals surface area contributed by atoms with Crippen LogP contribution in [-0.2, 0) is 4.79 Å². The minimum Gasteiger partial charge on any atom is -0.298 e. The van der Waals surface area contributed by atoms with Crippen LogP contribution in [-0.4, -0.2) is 11.5 Å². The zero-order valence-corrected chi connectivity index (χ0v) is 10.9. The van der Waals surface area contributed by atoms with E-state index in [1.54, 1.807) is 0 Å². The summed E-state index contributed by atoms with van der Waals surface area (Å²) in [5.41, 5.74) is 0.997. The predicted molar refractivity (Wildman–Crippen MR) is 71.2 cm³/mol. The molecule has 86 valence electrons. The van der Waals surface area contributed by atoms with Crippen molar-refractivity contribution in [3.63, 3.8) is 0 Å². The standard InChI is InChI=1S/C13H15ClOS/c1-3-10(2)7-12(15)9-16-13-6-4-5-11(14)8-13/h4-6,8H,2-3,7,9H2,1H3. The number of rotatable bonds is 6. The predicted octanol–water partition coefficient (Wildman–Crippen LogP) is 4.36. The number of ketones is 1. The molecule has 0 atom stereocenters. The van der Waals surface area contributed by atoms with Gasteiger partial charge in [-0.1, -0.05) is 36.7 Å². The van der Waals surface area contributed by atoms with E-state index in [9.17, 15) is 4.79 Å². The van der Waals surface area contributed by atoms with Gasteiger partial charge in [-0.05, 0) is 24.6 Å².